The molecule has 1 aromatic carbocycles. The number of nitrogens with zero attached hydrogens (tertiary/aromatic N) is 2. The Hall–Kier alpha value is -1.68. The summed E-state index contributed by atoms with van der Waals surface area (Å²) in [6.45, 7) is 5.13. The van der Waals surface area contributed by atoms with E-state index >= 15 is 0 Å². The quantitative estimate of drug-likeness (QED) is 0.893. The van der Waals surface area contributed by atoms with Crippen LogP contribution < -0.4 is 5.32 Å². The molecule has 4 heteroatoms. The fourth-order valence-electron chi connectivity index (χ4n) is 2.47. The topological polar surface area (TPSA) is 51.0 Å². The first-order valence-corrected chi connectivity index (χ1v) is 6.87. The molecule has 3 rings (SSSR count). The maximum absolute atomic E-state index is 5.32. The number of fused-ring (bicyclic) bond motifs is 1. The average Bonchev–Trinajstić information content (AvgIpc) is 2.79. The van der Waals surface area contributed by atoms with Crippen molar-refractivity contribution in [1.82, 2.24) is 15.5 Å². The Labute approximate surface area is 113 Å². The van der Waals surface area contributed by atoms with E-state index in [1.54, 1.807) is 0 Å². The summed E-state index contributed by atoms with van der Waals surface area (Å²) in [5, 5.41) is 7.47. The van der Waals surface area contributed by atoms with Gasteiger partial charge in [-0.1, -0.05) is 43.3 Å². The zero-order chi connectivity index (χ0) is 13.2. The van der Waals surface area contributed by atoms with Crippen molar-refractivity contribution in [3.8, 4) is 0 Å². The summed E-state index contributed by atoms with van der Waals surface area (Å²) in [7, 11) is 0. The molecule has 0 aliphatic heterocycles. The minimum Gasteiger partial charge on any atom is -0.339 e. The fraction of sp³-hybridized carbons (Fsp3) is 0.467. The number of rotatable bonds is 5. The molecule has 0 radical (unpaired) electrons. The third-order valence-corrected chi connectivity index (χ3v) is 3.54. The van der Waals surface area contributed by atoms with Gasteiger partial charge in [0, 0.05) is 19.0 Å². The van der Waals surface area contributed by atoms with Gasteiger partial charge < -0.3 is 9.84 Å². The van der Waals surface area contributed by atoms with Crippen LogP contribution in [0.15, 0.2) is 28.8 Å². The van der Waals surface area contributed by atoms with Crippen molar-refractivity contribution in [2.75, 3.05) is 6.54 Å². The molecule has 0 amide bonds. The molecule has 1 atom stereocenters. The van der Waals surface area contributed by atoms with E-state index in [1.165, 1.54) is 11.1 Å². The Bertz CT molecular complexity index is 562. The SMILES string of the molecule is CC(C)NCCc1nc(C2Cc3ccccc32)no1. The molecular formula is C15H19N3O. The first kappa shape index (κ1) is 12.4. The lowest BCUT2D eigenvalue weighted by Gasteiger charge is -2.27. The van der Waals surface area contributed by atoms with Crippen LogP contribution in [0.2, 0.25) is 0 Å². The van der Waals surface area contributed by atoms with Crippen molar-refractivity contribution < 1.29 is 4.52 Å². The van der Waals surface area contributed by atoms with Crippen molar-refractivity contribution in [1.29, 1.82) is 0 Å². The van der Waals surface area contributed by atoms with E-state index < -0.39 is 0 Å². The van der Waals surface area contributed by atoms with Crippen LogP contribution in [0.1, 0.15) is 42.6 Å². The van der Waals surface area contributed by atoms with Crippen molar-refractivity contribution in [2.45, 2.75) is 38.6 Å². The molecule has 2 aromatic rings. The molecule has 1 unspecified atom stereocenters. The summed E-state index contributed by atoms with van der Waals surface area (Å²) >= 11 is 0. The summed E-state index contributed by atoms with van der Waals surface area (Å²) in [6.07, 6.45) is 1.82. The van der Waals surface area contributed by atoms with Crippen LogP contribution in [0.5, 0.6) is 0 Å². The van der Waals surface area contributed by atoms with Crippen LogP contribution in [0.3, 0.4) is 0 Å². The van der Waals surface area contributed by atoms with Gasteiger partial charge in [0.05, 0.1) is 5.92 Å². The zero-order valence-corrected chi connectivity index (χ0v) is 11.4. The molecule has 100 valence electrons. The van der Waals surface area contributed by atoms with Crippen LogP contribution in [0, 0.1) is 0 Å². The maximum atomic E-state index is 5.32. The molecule has 1 aliphatic rings. The highest BCUT2D eigenvalue weighted by Crippen LogP contribution is 2.38. The Balaban J connectivity index is 1.63. The normalized spacial score (nSPS) is 17.3. The first-order valence-electron chi connectivity index (χ1n) is 6.87. The third-order valence-electron chi connectivity index (χ3n) is 3.54. The van der Waals surface area contributed by atoms with E-state index in [1.807, 2.05) is 0 Å². The molecule has 4 nitrogen and oxygen atoms in total. The zero-order valence-electron chi connectivity index (χ0n) is 11.4. The lowest BCUT2D eigenvalue weighted by Crippen LogP contribution is -2.25. The maximum Gasteiger partial charge on any atom is 0.227 e. The van der Waals surface area contributed by atoms with Gasteiger partial charge in [-0.05, 0) is 17.5 Å². The molecule has 0 saturated carbocycles. The highest BCUT2D eigenvalue weighted by molar-refractivity contribution is 5.43. The van der Waals surface area contributed by atoms with Gasteiger partial charge in [-0.25, -0.2) is 0 Å². The van der Waals surface area contributed by atoms with E-state index in [0.29, 0.717) is 12.0 Å². The van der Waals surface area contributed by atoms with Crippen LogP contribution in [-0.2, 0) is 12.8 Å². The van der Waals surface area contributed by atoms with Gasteiger partial charge in [0.1, 0.15) is 0 Å². The summed E-state index contributed by atoms with van der Waals surface area (Å²) < 4.78 is 5.32. The average molecular weight is 257 g/mol. The van der Waals surface area contributed by atoms with E-state index in [9.17, 15) is 0 Å². The Kier molecular flexibility index (Phi) is 3.34. The van der Waals surface area contributed by atoms with E-state index in [4.69, 9.17) is 4.52 Å². The van der Waals surface area contributed by atoms with Gasteiger partial charge in [0.2, 0.25) is 5.89 Å². The smallest absolute Gasteiger partial charge is 0.227 e. The van der Waals surface area contributed by atoms with Gasteiger partial charge in [-0.15, -0.1) is 0 Å². The van der Waals surface area contributed by atoms with Crippen molar-refractivity contribution in [3.63, 3.8) is 0 Å². The van der Waals surface area contributed by atoms with Crippen molar-refractivity contribution in [3.05, 3.63) is 47.1 Å². The third kappa shape index (κ3) is 2.54. The van der Waals surface area contributed by atoms with Crippen LogP contribution in [-0.4, -0.2) is 22.7 Å². The molecular weight excluding hydrogens is 238 g/mol. The number of nitrogens with one attached hydrogen (secondary N) is 1. The second-order valence-electron chi connectivity index (χ2n) is 5.36. The molecule has 1 aliphatic carbocycles. The second-order valence-corrected chi connectivity index (χ2v) is 5.36. The minimum absolute atomic E-state index is 0.326. The van der Waals surface area contributed by atoms with Crippen LogP contribution in [0.4, 0.5) is 0 Å². The van der Waals surface area contributed by atoms with Gasteiger partial charge >= 0.3 is 0 Å². The molecule has 1 heterocycles. The molecule has 0 fully saturated rings. The van der Waals surface area contributed by atoms with E-state index in [-0.39, 0.29) is 0 Å². The lowest BCUT2D eigenvalue weighted by molar-refractivity contribution is 0.366. The summed E-state index contributed by atoms with van der Waals surface area (Å²) in [6, 6.07) is 8.95. The summed E-state index contributed by atoms with van der Waals surface area (Å²) in [5.74, 6) is 1.89. The van der Waals surface area contributed by atoms with Gasteiger partial charge in [-0.3, -0.25) is 0 Å². The van der Waals surface area contributed by atoms with Gasteiger partial charge in [-0.2, -0.15) is 4.98 Å². The fourth-order valence-corrected chi connectivity index (χ4v) is 2.47. The molecule has 1 N–H and O–H groups in total. The van der Waals surface area contributed by atoms with E-state index in [2.05, 4.69) is 53.6 Å². The van der Waals surface area contributed by atoms with Crippen molar-refractivity contribution >= 4 is 0 Å². The van der Waals surface area contributed by atoms with Gasteiger partial charge in [0.15, 0.2) is 5.82 Å². The number of hydrogen-bond donors (Lipinski definition) is 1. The summed E-state index contributed by atoms with van der Waals surface area (Å²) in [4.78, 5) is 4.51. The Morgan fingerprint density at radius 2 is 2.21 bits per heavy atom. The number of aromatic nitrogens is 2. The predicted molar refractivity (Wildman–Crippen MR) is 73.1 cm³/mol. The van der Waals surface area contributed by atoms with Gasteiger partial charge in [0.25, 0.3) is 0 Å². The summed E-state index contributed by atoms with van der Waals surface area (Å²) in [5.41, 5.74) is 2.75. The van der Waals surface area contributed by atoms with Crippen molar-refractivity contribution in [2.24, 2.45) is 0 Å². The molecule has 0 spiro atoms. The second kappa shape index (κ2) is 5.13. The number of benzene rings is 1. The molecule has 19 heavy (non-hydrogen) atoms. The monoisotopic (exact) mass is 257 g/mol. The Morgan fingerprint density at radius 1 is 1.37 bits per heavy atom. The Morgan fingerprint density at radius 3 is 3.00 bits per heavy atom. The largest absolute Gasteiger partial charge is 0.339 e. The highest BCUT2D eigenvalue weighted by Gasteiger charge is 2.30. The minimum atomic E-state index is 0.326. The molecule has 1 aromatic heterocycles. The van der Waals surface area contributed by atoms with Crippen LogP contribution in [0.25, 0.3) is 0 Å². The highest BCUT2D eigenvalue weighted by atomic mass is 16.5. The standard InChI is InChI=1S/C15H19N3O/c1-10(2)16-8-7-14-17-15(18-19-14)13-9-11-5-3-4-6-12(11)13/h3-6,10,13,16H,7-9H2,1-2H3. The van der Waals surface area contributed by atoms with E-state index in [0.717, 1.165) is 31.1 Å². The molecule has 0 bridgehead atoms. The predicted octanol–water partition coefficient (Wildman–Crippen LogP) is 2.30. The van der Waals surface area contributed by atoms with Crippen LogP contribution >= 0.6 is 0 Å². The number of hydrogen-bond acceptors (Lipinski definition) is 4. The molecule has 0 saturated heterocycles. The lowest BCUT2D eigenvalue weighted by atomic mass is 9.77. The first-order chi connectivity index (χ1) is 9.24.